The molecular formula is C21H23N3O3. The predicted octanol–water partition coefficient (Wildman–Crippen LogP) is 3.60. The van der Waals surface area contributed by atoms with Gasteiger partial charge in [-0.1, -0.05) is 12.1 Å². The Morgan fingerprint density at radius 3 is 2.85 bits per heavy atom. The molecule has 1 N–H and O–H groups in total. The fourth-order valence-corrected chi connectivity index (χ4v) is 3.65. The Morgan fingerprint density at radius 1 is 1.22 bits per heavy atom. The third-order valence-electron chi connectivity index (χ3n) is 5.16. The van der Waals surface area contributed by atoms with Crippen molar-refractivity contribution >= 4 is 17.3 Å². The second kappa shape index (κ2) is 7.39. The zero-order valence-electron chi connectivity index (χ0n) is 15.5. The molecule has 0 spiro atoms. The number of allylic oxidation sites excluding steroid dienone is 2. The second-order valence-corrected chi connectivity index (χ2v) is 7.10. The molecule has 6 heteroatoms. The number of Topliss-reactive ketones (excluding diaryl/α,β-unsaturated/α-hetero) is 1. The molecule has 0 saturated heterocycles. The molecule has 2 aromatic rings. The van der Waals surface area contributed by atoms with Gasteiger partial charge >= 0.3 is 0 Å². The lowest BCUT2D eigenvalue weighted by molar-refractivity contribution is 0.0727. The molecule has 2 heterocycles. The van der Waals surface area contributed by atoms with E-state index in [2.05, 4.69) is 28.4 Å². The summed E-state index contributed by atoms with van der Waals surface area (Å²) < 4.78 is 5.86. The number of benzene rings is 1. The van der Waals surface area contributed by atoms with Gasteiger partial charge in [-0.15, -0.1) is 0 Å². The lowest BCUT2D eigenvalue weighted by Crippen LogP contribution is -2.32. The van der Waals surface area contributed by atoms with Crippen molar-refractivity contribution in [3.8, 4) is 5.75 Å². The summed E-state index contributed by atoms with van der Waals surface area (Å²) in [4.78, 5) is 26.0. The van der Waals surface area contributed by atoms with Crippen molar-refractivity contribution in [3.05, 3.63) is 52.9 Å². The molecular weight excluding hydrogens is 342 g/mol. The summed E-state index contributed by atoms with van der Waals surface area (Å²) in [7, 11) is 0. The molecule has 2 aliphatic rings. The molecule has 0 fully saturated rings. The summed E-state index contributed by atoms with van der Waals surface area (Å²) in [6.45, 7) is 2.83. The number of amides is 1. The van der Waals surface area contributed by atoms with E-state index in [0.29, 0.717) is 25.4 Å². The minimum Gasteiger partial charge on any atom is -0.491 e. The van der Waals surface area contributed by atoms with Gasteiger partial charge in [0.15, 0.2) is 5.78 Å². The van der Waals surface area contributed by atoms with E-state index in [1.165, 1.54) is 37.0 Å². The Balaban J connectivity index is 1.58. The molecule has 1 amide bonds. The first kappa shape index (κ1) is 17.5. The van der Waals surface area contributed by atoms with E-state index in [9.17, 15) is 9.59 Å². The zero-order chi connectivity index (χ0) is 18.8. The van der Waals surface area contributed by atoms with Crippen LogP contribution in [0, 0.1) is 0 Å². The average molecular weight is 365 g/mol. The van der Waals surface area contributed by atoms with Crippen LogP contribution in [-0.2, 0) is 6.54 Å². The number of nitrogens with zero attached hydrogens (tertiary/aromatic N) is 2. The van der Waals surface area contributed by atoms with Crippen LogP contribution in [0.15, 0.2) is 30.3 Å². The third kappa shape index (κ3) is 3.65. The second-order valence-electron chi connectivity index (χ2n) is 7.10. The van der Waals surface area contributed by atoms with Crippen LogP contribution in [0.1, 0.15) is 64.7 Å². The number of carbonyl (C=O) groups excluding carboxylic acids is 2. The Labute approximate surface area is 158 Å². The van der Waals surface area contributed by atoms with Crippen LogP contribution in [0.25, 0.3) is 5.57 Å². The van der Waals surface area contributed by atoms with Crippen LogP contribution < -0.4 is 4.74 Å². The summed E-state index contributed by atoms with van der Waals surface area (Å²) in [5.41, 5.74) is 4.21. The van der Waals surface area contributed by atoms with E-state index in [1.807, 2.05) is 6.07 Å². The topological polar surface area (TPSA) is 75.3 Å². The number of nitrogens with one attached hydrogen (secondary N) is 1. The van der Waals surface area contributed by atoms with Crippen molar-refractivity contribution in [2.45, 2.75) is 39.2 Å². The average Bonchev–Trinajstić information content (AvgIpc) is 3.09. The molecule has 1 aromatic carbocycles. The van der Waals surface area contributed by atoms with Gasteiger partial charge in [-0.3, -0.25) is 14.7 Å². The van der Waals surface area contributed by atoms with Crippen LogP contribution in [0.3, 0.4) is 0 Å². The Kier molecular flexibility index (Phi) is 4.79. The molecule has 0 radical (unpaired) electrons. The van der Waals surface area contributed by atoms with Crippen LogP contribution in [0.4, 0.5) is 0 Å². The molecule has 1 aliphatic heterocycles. The molecule has 140 valence electrons. The normalized spacial score (nSPS) is 16.8. The van der Waals surface area contributed by atoms with Gasteiger partial charge in [-0.2, -0.15) is 5.10 Å². The summed E-state index contributed by atoms with van der Waals surface area (Å²) in [6.07, 6.45) is 7.03. The molecule has 1 aromatic heterocycles. The first-order valence-corrected chi connectivity index (χ1v) is 9.42. The first-order chi connectivity index (χ1) is 13.1. The summed E-state index contributed by atoms with van der Waals surface area (Å²) >= 11 is 0. The monoisotopic (exact) mass is 365 g/mol. The Morgan fingerprint density at radius 2 is 2.11 bits per heavy atom. The van der Waals surface area contributed by atoms with Crippen molar-refractivity contribution in [1.29, 1.82) is 0 Å². The van der Waals surface area contributed by atoms with E-state index in [0.717, 1.165) is 24.2 Å². The minimum absolute atomic E-state index is 0.166. The summed E-state index contributed by atoms with van der Waals surface area (Å²) in [5, 5.41) is 6.59. The number of carbonyl (C=O) groups is 2. The molecule has 0 bridgehead atoms. The number of aromatic amines is 1. The van der Waals surface area contributed by atoms with E-state index in [1.54, 1.807) is 4.90 Å². The standard InChI is InChI=1S/C21H23N3O3/c1-14(25)18-12-19(23-22-18)21(26)24-9-10-27-20-8-7-16(11-17(20)13-24)15-5-3-2-4-6-15/h5,7-8,11-12H,2-4,6,9-10,13H2,1H3,(H,22,23). The maximum Gasteiger partial charge on any atom is 0.272 e. The third-order valence-corrected chi connectivity index (χ3v) is 5.16. The fourth-order valence-electron chi connectivity index (χ4n) is 3.65. The SMILES string of the molecule is CC(=O)c1cc(C(=O)N2CCOc3ccc(C4=CCCCC4)cc3C2)[nH]n1. The zero-order valence-corrected chi connectivity index (χ0v) is 15.5. The maximum absolute atomic E-state index is 12.9. The van der Waals surface area contributed by atoms with Gasteiger partial charge in [0.25, 0.3) is 5.91 Å². The quantitative estimate of drug-likeness (QED) is 0.843. The molecule has 0 unspecified atom stereocenters. The number of hydrogen-bond donors (Lipinski definition) is 1. The van der Waals surface area contributed by atoms with E-state index in [4.69, 9.17) is 4.74 Å². The number of fused-ring (bicyclic) bond motifs is 1. The molecule has 1 aliphatic carbocycles. The van der Waals surface area contributed by atoms with Crippen molar-refractivity contribution in [3.63, 3.8) is 0 Å². The molecule has 6 nitrogen and oxygen atoms in total. The van der Waals surface area contributed by atoms with Crippen LogP contribution in [-0.4, -0.2) is 39.9 Å². The van der Waals surface area contributed by atoms with Gasteiger partial charge in [0.2, 0.25) is 0 Å². The molecule has 0 saturated carbocycles. The van der Waals surface area contributed by atoms with Crippen molar-refractivity contribution < 1.29 is 14.3 Å². The number of H-pyrrole nitrogens is 1. The van der Waals surface area contributed by atoms with E-state index in [-0.39, 0.29) is 17.4 Å². The first-order valence-electron chi connectivity index (χ1n) is 9.42. The van der Waals surface area contributed by atoms with Crippen molar-refractivity contribution in [2.75, 3.05) is 13.2 Å². The smallest absolute Gasteiger partial charge is 0.272 e. The highest BCUT2D eigenvalue weighted by Crippen LogP contribution is 2.31. The number of ketones is 1. The highest BCUT2D eigenvalue weighted by atomic mass is 16.5. The van der Waals surface area contributed by atoms with Crippen LogP contribution in [0.5, 0.6) is 5.75 Å². The maximum atomic E-state index is 12.9. The van der Waals surface area contributed by atoms with Gasteiger partial charge in [0.05, 0.1) is 6.54 Å². The summed E-state index contributed by atoms with van der Waals surface area (Å²) in [6, 6.07) is 7.78. The van der Waals surface area contributed by atoms with Crippen LogP contribution in [0.2, 0.25) is 0 Å². The van der Waals surface area contributed by atoms with E-state index < -0.39 is 0 Å². The van der Waals surface area contributed by atoms with E-state index >= 15 is 0 Å². The molecule has 27 heavy (non-hydrogen) atoms. The predicted molar refractivity (Wildman–Crippen MR) is 102 cm³/mol. The lowest BCUT2D eigenvalue weighted by Gasteiger charge is -2.19. The Bertz CT molecular complexity index is 913. The van der Waals surface area contributed by atoms with Gasteiger partial charge in [0, 0.05) is 19.0 Å². The highest BCUT2D eigenvalue weighted by molar-refractivity contribution is 5.97. The van der Waals surface area contributed by atoms with Gasteiger partial charge in [-0.05, 0) is 55.0 Å². The summed E-state index contributed by atoms with van der Waals surface area (Å²) in [5.74, 6) is 0.494. The van der Waals surface area contributed by atoms with Crippen molar-refractivity contribution in [2.24, 2.45) is 0 Å². The van der Waals surface area contributed by atoms with Gasteiger partial charge in [0.1, 0.15) is 23.7 Å². The van der Waals surface area contributed by atoms with Gasteiger partial charge in [-0.25, -0.2) is 0 Å². The fraction of sp³-hybridized carbons (Fsp3) is 0.381. The number of rotatable bonds is 3. The largest absolute Gasteiger partial charge is 0.491 e. The molecule has 0 atom stereocenters. The number of ether oxygens (including phenoxy) is 1. The number of aromatic nitrogens is 2. The van der Waals surface area contributed by atoms with Gasteiger partial charge < -0.3 is 9.64 Å². The number of hydrogen-bond acceptors (Lipinski definition) is 4. The van der Waals surface area contributed by atoms with Crippen LogP contribution >= 0.6 is 0 Å². The lowest BCUT2D eigenvalue weighted by atomic mass is 9.92. The Hall–Kier alpha value is -2.89. The minimum atomic E-state index is -0.172. The highest BCUT2D eigenvalue weighted by Gasteiger charge is 2.23. The molecule has 4 rings (SSSR count). The van der Waals surface area contributed by atoms with Crippen molar-refractivity contribution in [1.82, 2.24) is 15.1 Å².